The molecule has 0 radical (unpaired) electrons. The van der Waals surface area contributed by atoms with Gasteiger partial charge in [0.2, 0.25) is 5.89 Å². The fourth-order valence-corrected chi connectivity index (χ4v) is 2.57. The second kappa shape index (κ2) is 5.84. The van der Waals surface area contributed by atoms with Crippen LogP contribution < -0.4 is 5.32 Å². The van der Waals surface area contributed by atoms with E-state index in [0.29, 0.717) is 24.2 Å². The molecule has 0 fully saturated rings. The van der Waals surface area contributed by atoms with E-state index in [9.17, 15) is 0 Å². The van der Waals surface area contributed by atoms with Crippen LogP contribution in [0.5, 0.6) is 0 Å². The van der Waals surface area contributed by atoms with E-state index in [4.69, 9.17) is 16.0 Å². The van der Waals surface area contributed by atoms with Crippen LogP contribution in [0.25, 0.3) is 0 Å². The Morgan fingerprint density at radius 1 is 1.24 bits per heavy atom. The molecule has 0 aliphatic rings. The quantitative estimate of drug-likeness (QED) is 0.810. The first-order valence-electron chi connectivity index (χ1n) is 4.80. The van der Waals surface area contributed by atoms with Gasteiger partial charge in [-0.2, -0.15) is 0 Å². The molecule has 1 aromatic carbocycles. The van der Waals surface area contributed by atoms with Gasteiger partial charge in [-0.3, -0.25) is 0 Å². The van der Waals surface area contributed by atoms with Gasteiger partial charge in [0.25, 0.3) is 0 Å². The lowest BCUT2D eigenvalue weighted by Gasteiger charge is -2.06. The largest absolute Gasteiger partial charge is 0.408 e. The summed E-state index contributed by atoms with van der Waals surface area (Å²) in [6.45, 7) is 0. The molecule has 0 amide bonds. The number of nitrogens with one attached hydrogen (secondary N) is 1. The first-order valence-corrected chi connectivity index (χ1v) is 6.92. The highest BCUT2D eigenvalue weighted by molar-refractivity contribution is 9.11. The first-order chi connectivity index (χ1) is 8.20. The van der Waals surface area contributed by atoms with Crippen LogP contribution in [-0.4, -0.2) is 16.1 Å². The van der Waals surface area contributed by atoms with Crippen molar-refractivity contribution in [3.63, 3.8) is 0 Å². The van der Waals surface area contributed by atoms with Crippen molar-refractivity contribution in [2.24, 2.45) is 0 Å². The van der Waals surface area contributed by atoms with Crippen molar-refractivity contribution in [3.8, 4) is 0 Å². The van der Waals surface area contributed by atoms with Gasteiger partial charge in [-0.25, -0.2) is 0 Å². The number of hydrogen-bond donors (Lipinski definition) is 1. The predicted octanol–water partition coefficient (Wildman–Crippen LogP) is 4.12. The van der Waals surface area contributed by atoms with Crippen LogP contribution in [0.1, 0.15) is 5.89 Å². The number of nitrogens with zero attached hydrogens (tertiary/aromatic N) is 2. The van der Waals surface area contributed by atoms with E-state index in [1.807, 2.05) is 18.2 Å². The molecule has 7 heteroatoms. The molecule has 0 aliphatic heterocycles. The van der Waals surface area contributed by atoms with E-state index in [-0.39, 0.29) is 0 Å². The molecule has 1 heterocycles. The van der Waals surface area contributed by atoms with Gasteiger partial charge in [0.15, 0.2) is 0 Å². The Labute approximate surface area is 120 Å². The van der Waals surface area contributed by atoms with Gasteiger partial charge >= 0.3 is 6.01 Å². The van der Waals surface area contributed by atoms with Crippen molar-refractivity contribution in [3.05, 3.63) is 33.0 Å². The van der Waals surface area contributed by atoms with Crippen LogP contribution in [0.15, 0.2) is 31.6 Å². The number of para-hydroxylation sites is 1. The van der Waals surface area contributed by atoms with Gasteiger partial charge in [-0.15, -0.1) is 16.7 Å². The number of hydrogen-bond acceptors (Lipinski definition) is 4. The maximum Gasteiger partial charge on any atom is 0.320 e. The highest BCUT2D eigenvalue weighted by atomic mass is 79.9. The van der Waals surface area contributed by atoms with Gasteiger partial charge in [-0.05, 0) is 44.0 Å². The Bertz CT molecular complexity index is 498. The molecule has 4 nitrogen and oxygen atoms in total. The molecule has 0 saturated heterocycles. The highest BCUT2D eigenvalue weighted by Gasteiger charge is 2.09. The van der Waals surface area contributed by atoms with E-state index < -0.39 is 0 Å². The minimum Gasteiger partial charge on any atom is -0.408 e. The van der Waals surface area contributed by atoms with Gasteiger partial charge in [0.05, 0.1) is 5.69 Å². The summed E-state index contributed by atoms with van der Waals surface area (Å²) in [7, 11) is 0. The summed E-state index contributed by atoms with van der Waals surface area (Å²) in [4.78, 5) is 0. The Kier molecular flexibility index (Phi) is 4.42. The molecule has 2 rings (SSSR count). The second-order valence-electron chi connectivity index (χ2n) is 3.16. The van der Waals surface area contributed by atoms with E-state index in [1.54, 1.807) is 0 Å². The average Bonchev–Trinajstić information content (AvgIpc) is 2.72. The monoisotopic (exact) mass is 379 g/mol. The first kappa shape index (κ1) is 12.9. The second-order valence-corrected chi connectivity index (χ2v) is 5.25. The predicted molar refractivity (Wildman–Crippen MR) is 73.8 cm³/mol. The van der Waals surface area contributed by atoms with Crippen molar-refractivity contribution < 1.29 is 4.42 Å². The maximum atomic E-state index is 5.59. The van der Waals surface area contributed by atoms with Crippen molar-refractivity contribution >= 4 is 55.2 Å². The van der Waals surface area contributed by atoms with E-state index in [1.165, 1.54) is 0 Å². The smallest absolute Gasteiger partial charge is 0.320 e. The minimum atomic E-state index is 0.345. The number of aryl methyl sites for hydroxylation is 1. The van der Waals surface area contributed by atoms with Crippen molar-refractivity contribution in [1.29, 1.82) is 0 Å². The lowest BCUT2D eigenvalue weighted by atomic mass is 10.3. The van der Waals surface area contributed by atoms with Gasteiger partial charge in [-0.1, -0.05) is 11.2 Å². The number of anilines is 2. The normalized spacial score (nSPS) is 10.5. The molecule has 0 saturated carbocycles. The maximum absolute atomic E-state index is 5.59. The number of aromatic nitrogens is 2. The van der Waals surface area contributed by atoms with Crippen LogP contribution >= 0.6 is 43.5 Å². The molecule has 17 heavy (non-hydrogen) atoms. The number of alkyl halides is 1. The summed E-state index contributed by atoms with van der Waals surface area (Å²) in [6, 6.07) is 6.11. The van der Waals surface area contributed by atoms with Crippen LogP contribution in [0.2, 0.25) is 0 Å². The molecule has 2 aromatic rings. The summed E-state index contributed by atoms with van der Waals surface area (Å²) >= 11 is 12.5. The molecule has 0 bridgehead atoms. The zero-order chi connectivity index (χ0) is 12.3. The number of rotatable bonds is 4. The summed E-state index contributed by atoms with van der Waals surface area (Å²) in [5.41, 5.74) is 0.841. The third kappa shape index (κ3) is 3.20. The molecule has 1 N–H and O–H groups in total. The molecule has 90 valence electrons. The molecular formula is C10H8Br2ClN3O. The Morgan fingerprint density at radius 2 is 1.94 bits per heavy atom. The van der Waals surface area contributed by atoms with Crippen LogP contribution in [0, 0.1) is 0 Å². The van der Waals surface area contributed by atoms with Crippen molar-refractivity contribution in [1.82, 2.24) is 10.2 Å². The Hall–Kier alpha value is -0.590. The standard InChI is InChI=1S/C10H8Br2ClN3O/c11-6-2-1-3-7(12)9(6)14-10-16-15-8(17-10)4-5-13/h1-3H,4-5H2,(H,14,16). The van der Waals surface area contributed by atoms with Gasteiger partial charge in [0.1, 0.15) is 0 Å². The van der Waals surface area contributed by atoms with E-state index in [0.717, 1.165) is 14.6 Å². The van der Waals surface area contributed by atoms with Crippen LogP contribution in [0.4, 0.5) is 11.7 Å². The molecule has 1 aromatic heterocycles. The number of benzene rings is 1. The zero-order valence-electron chi connectivity index (χ0n) is 8.58. The van der Waals surface area contributed by atoms with Crippen molar-refractivity contribution in [2.75, 3.05) is 11.2 Å². The Morgan fingerprint density at radius 3 is 2.59 bits per heavy atom. The summed E-state index contributed by atoms with van der Waals surface area (Å²) in [5.74, 6) is 0.978. The summed E-state index contributed by atoms with van der Waals surface area (Å²) < 4.78 is 7.19. The molecular weight excluding hydrogens is 373 g/mol. The molecule has 0 aliphatic carbocycles. The van der Waals surface area contributed by atoms with Crippen LogP contribution in [-0.2, 0) is 6.42 Å². The van der Waals surface area contributed by atoms with E-state index in [2.05, 4.69) is 47.4 Å². The number of halogens is 3. The lowest BCUT2D eigenvalue weighted by molar-refractivity contribution is 0.516. The fourth-order valence-electron chi connectivity index (χ4n) is 1.21. The Balaban J connectivity index is 2.19. The minimum absolute atomic E-state index is 0.345. The van der Waals surface area contributed by atoms with Gasteiger partial charge < -0.3 is 9.73 Å². The zero-order valence-corrected chi connectivity index (χ0v) is 12.5. The fraction of sp³-hybridized carbons (Fsp3) is 0.200. The van der Waals surface area contributed by atoms with Crippen LogP contribution in [0.3, 0.4) is 0 Å². The SMILES string of the molecule is ClCCc1nnc(Nc2c(Br)cccc2Br)o1. The summed E-state index contributed by atoms with van der Waals surface area (Å²) in [5, 5.41) is 10.8. The lowest BCUT2D eigenvalue weighted by Crippen LogP contribution is -1.92. The third-order valence-corrected chi connectivity index (χ3v) is 3.48. The molecule has 0 unspecified atom stereocenters. The molecule has 0 atom stereocenters. The average molecular weight is 381 g/mol. The van der Waals surface area contributed by atoms with Gasteiger partial charge in [0, 0.05) is 21.2 Å². The van der Waals surface area contributed by atoms with E-state index >= 15 is 0 Å². The highest BCUT2D eigenvalue weighted by Crippen LogP contribution is 2.32. The topological polar surface area (TPSA) is 51.0 Å². The molecule has 0 spiro atoms. The third-order valence-electron chi connectivity index (χ3n) is 1.97. The van der Waals surface area contributed by atoms with Crippen molar-refractivity contribution in [2.45, 2.75) is 6.42 Å². The summed E-state index contributed by atoms with van der Waals surface area (Å²) in [6.07, 6.45) is 0.563.